The quantitative estimate of drug-likeness (QED) is 0.525. The van der Waals surface area contributed by atoms with Gasteiger partial charge in [-0.2, -0.15) is 5.10 Å². The minimum absolute atomic E-state index is 0.216. The van der Waals surface area contributed by atoms with Gasteiger partial charge < -0.3 is 19.9 Å². The first-order valence-electron chi connectivity index (χ1n) is 8.31. The standard InChI is InChI=1S/C20H18N4O3/c1-26-15-7-8-16(18(11-15)27-2)17-12-21-24-10-9-19(23-20(17)24)22-13-3-5-14(25)6-4-13/h3-12,25H,1-2H3,(H,22,23). The topological polar surface area (TPSA) is 80.9 Å². The van der Waals surface area contributed by atoms with E-state index in [-0.39, 0.29) is 5.75 Å². The van der Waals surface area contributed by atoms with Crippen molar-refractivity contribution in [3.05, 3.63) is 60.9 Å². The number of nitrogens with one attached hydrogen (secondary N) is 1. The van der Waals surface area contributed by atoms with Gasteiger partial charge in [0.15, 0.2) is 5.65 Å². The number of ether oxygens (including phenoxy) is 2. The molecule has 0 saturated carbocycles. The summed E-state index contributed by atoms with van der Waals surface area (Å²) in [4.78, 5) is 4.69. The molecule has 0 saturated heterocycles. The lowest BCUT2D eigenvalue weighted by atomic mass is 10.1. The predicted octanol–water partition coefficient (Wildman–Crippen LogP) is 3.86. The molecule has 136 valence electrons. The molecule has 0 bridgehead atoms. The van der Waals surface area contributed by atoms with Crippen LogP contribution in [-0.2, 0) is 0 Å². The van der Waals surface area contributed by atoms with Crippen molar-refractivity contribution < 1.29 is 14.6 Å². The number of rotatable bonds is 5. The van der Waals surface area contributed by atoms with E-state index in [4.69, 9.17) is 9.47 Å². The summed E-state index contributed by atoms with van der Waals surface area (Å²) >= 11 is 0. The van der Waals surface area contributed by atoms with Gasteiger partial charge in [0, 0.05) is 23.5 Å². The third kappa shape index (κ3) is 3.22. The largest absolute Gasteiger partial charge is 0.508 e. The van der Waals surface area contributed by atoms with Crippen LogP contribution < -0.4 is 14.8 Å². The molecule has 0 spiro atoms. The van der Waals surface area contributed by atoms with Crippen molar-refractivity contribution in [3.8, 4) is 28.4 Å². The van der Waals surface area contributed by atoms with Crippen molar-refractivity contribution in [1.82, 2.24) is 14.6 Å². The van der Waals surface area contributed by atoms with E-state index in [9.17, 15) is 5.11 Å². The zero-order valence-corrected chi connectivity index (χ0v) is 14.9. The molecule has 0 radical (unpaired) electrons. The second-order valence-corrected chi connectivity index (χ2v) is 5.88. The Hall–Kier alpha value is -3.74. The summed E-state index contributed by atoms with van der Waals surface area (Å²) in [5.41, 5.74) is 3.25. The van der Waals surface area contributed by atoms with Gasteiger partial charge in [0.25, 0.3) is 0 Å². The Bertz CT molecular complexity index is 1090. The maximum absolute atomic E-state index is 9.41. The van der Waals surface area contributed by atoms with E-state index in [0.717, 1.165) is 22.6 Å². The Morgan fingerprint density at radius 3 is 2.52 bits per heavy atom. The molecule has 0 fully saturated rings. The fourth-order valence-electron chi connectivity index (χ4n) is 2.84. The lowest BCUT2D eigenvalue weighted by molar-refractivity contribution is 0.395. The van der Waals surface area contributed by atoms with Crippen LogP contribution in [-0.4, -0.2) is 33.9 Å². The van der Waals surface area contributed by atoms with Crippen molar-refractivity contribution in [2.75, 3.05) is 19.5 Å². The molecule has 4 rings (SSSR count). The highest BCUT2D eigenvalue weighted by molar-refractivity contribution is 5.82. The SMILES string of the molecule is COc1ccc(-c2cnn3ccc(Nc4ccc(O)cc4)nc23)c(OC)c1. The predicted molar refractivity (Wildman–Crippen MR) is 103 cm³/mol. The number of hydrogen-bond donors (Lipinski definition) is 2. The van der Waals surface area contributed by atoms with E-state index in [0.29, 0.717) is 17.2 Å². The lowest BCUT2D eigenvalue weighted by Gasteiger charge is -2.10. The monoisotopic (exact) mass is 362 g/mol. The summed E-state index contributed by atoms with van der Waals surface area (Å²) in [6.45, 7) is 0. The lowest BCUT2D eigenvalue weighted by Crippen LogP contribution is -1.97. The molecule has 2 aromatic carbocycles. The molecular weight excluding hydrogens is 344 g/mol. The van der Waals surface area contributed by atoms with Gasteiger partial charge in [-0.3, -0.25) is 0 Å². The first-order chi connectivity index (χ1) is 13.2. The van der Waals surface area contributed by atoms with Crippen LogP contribution in [0.2, 0.25) is 0 Å². The number of phenols is 1. The fourth-order valence-corrected chi connectivity index (χ4v) is 2.84. The molecule has 2 heterocycles. The minimum Gasteiger partial charge on any atom is -0.508 e. The number of hydrogen-bond acceptors (Lipinski definition) is 6. The average molecular weight is 362 g/mol. The Kier molecular flexibility index (Phi) is 4.25. The van der Waals surface area contributed by atoms with Gasteiger partial charge in [0.2, 0.25) is 0 Å². The zero-order valence-electron chi connectivity index (χ0n) is 14.9. The highest BCUT2D eigenvalue weighted by Gasteiger charge is 2.14. The molecule has 0 aliphatic heterocycles. The third-order valence-electron chi connectivity index (χ3n) is 4.21. The number of aromatic nitrogens is 3. The maximum atomic E-state index is 9.41. The molecule has 0 unspecified atom stereocenters. The molecule has 0 atom stereocenters. The van der Waals surface area contributed by atoms with E-state index in [2.05, 4.69) is 15.4 Å². The number of anilines is 2. The summed E-state index contributed by atoms with van der Waals surface area (Å²) in [6.07, 6.45) is 3.60. The molecule has 2 aromatic heterocycles. The molecule has 2 N–H and O–H groups in total. The number of nitrogens with zero attached hydrogens (tertiary/aromatic N) is 3. The Morgan fingerprint density at radius 2 is 1.78 bits per heavy atom. The van der Waals surface area contributed by atoms with Gasteiger partial charge in [-0.1, -0.05) is 0 Å². The highest BCUT2D eigenvalue weighted by atomic mass is 16.5. The molecule has 0 aliphatic carbocycles. The number of methoxy groups -OCH3 is 2. The van der Waals surface area contributed by atoms with E-state index in [1.54, 1.807) is 49.2 Å². The summed E-state index contributed by atoms with van der Waals surface area (Å²) in [5, 5.41) is 17.0. The Balaban J connectivity index is 1.75. The normalized spacial score (nSPS) is 10.7. The molecular formula is C20H18N4O3. The highest BCUT2D eigenvalue weighted by Crippen LogP contribution is 2.35. The van der Waals surface area contributed by atoms with Gasteiger partial charge in [0.05, 0.1) is 26.0 Å². The van der Waals surface area contributed by atoms with Gasteiger partial charge in [0.1, 0.15) is 23.1 Å². The van der Waals surface area contributed by atoms with E-state index >= 15 is 0 Å². The van der Waals surface area contributed by atoms with Crippen LogP contribution in [0.5, 0.6) is 17.2 Å². The number of benzene rings is 2. The molecule has 0 amide bonds. The van der Waals surface area contributed by atoms with Crippen LogP contribution in [0.15, 0.2) is 60.9 Å². The van der Waals surface area contributed by atoms with Crippen molar-refractivity contribution in [2.24, 2.45) is 0 Å². The van der Waals surface area contributed by atoms with Crippen molar-refractivity contribution in [3.63, 3.8) is 0 Å². The Labute approximate surface area is 155 Å². The summed E-state index contributed by atoms with van der Waals surface area (Å²) in [5.74, 6) is 2.29. The molecule has 27 heavy (non-hydrogen) atoms. The molecule has 0 aliphatic rings. The van der Waals surface area contributed by atoms with Crippen LogP contribution in [0.3, 0.4) is 0 Å². The van der Waals surface area contributed by atoms with E-state index in [1.807, 2.05) is 30.5 Å². The summed E-state index contributed by atoms with van der Waals surface area (Å²) < 4.78 is 12.5. The average Bonchev–Trinajstić information content (AvgIpc) is 3.12. The number of aromatic hydroxyl groups is 1. The summed E-state index contributed by atoms with van der Waals surface area (Å²) in [6, 6.07) is 14.3. The van der Waals surface area contributed by atoms with Gasteiger partial charge in [-0.25, -0.2) is 9.50 Å². The first-order valence-corrected chi connectivity index (χ1v) is 8.31. The number of fused-ring (bicyclic) bond motifs is 1. The molecule has 4 aromatic rings. The maximum Gasteiger partial charge on any atom is 0.165 e. The second kappa shape index (κ2) is 6.87. The Morgan fingerprint density at radius 1 is 0.963 bits per heavy atom. The summed E-state index contributed by atoms with van der Waals surface area (Å²) in [7, 11) is 3.24. The van der Waals surface area contributed by atoms with Crippen LogP contribution in [0.1, 0.15) is 0 Å². The third-order valence-corrected chi connectivity index (χ3v) is 4.21. The van der Waals surface area contributed by atoms with E-state index in [1.165, 1.54) is 0 Å². The fraction of sp³-hybridized carbons (Fsp3) is 0.100. The van der Waals surface area contributed by atoms with Gasteiger partial charge in [-0.15, -0.1) is 0 Å². The minimum atomic E-state index is 0.216. The molecule has 7 heteroatoms. The molecule has 7 nitrogen and oxygen atoms in total. The second-order valence-electron chi connectivity index (χ2n) is 5.88. The van der Waals surface area contributed by atoms with Crippen molar-refractivity contribution >= 4 is 17.2 Å². The van der Waals surface area contributed by atoms with Gasteiger partial charge in [-0.05, 0) is 42.5 Å². The van der Waals surface area contributed by atoms with Crippen LogP contribution in [0, 0.1) is 0 Å². The van der Waals surface area contributed by atoms with Crippen LogP contribution in [0.25, 0.3) is 16.8 Å². The van der Waals surface area contributed by atoms with E-state index < -0.39 is 0 Å². The zero-order chi connectivity index (χ0) is 18.8. The van der Waals surface area contributed by atoms with Crippen LogP contribution >= 0.6 is 0 Å². The van der Waals surface area contributed by atoms with Crippen LogP contribution in [0.4, 0.5) is 11.5 Å². The van der Waals surface area contributed by atoms with Gasteiger partial charge >= 0.3 is 0 Å². The number of phenolic OH excluding ortho intramolecular Hbond substituents is 1. The van der Waals surface area contributed by atoms with Crippen molar-refractivity contribution in [1.29, 1.82) is 0 Å². The smallest absolute Gasteiger partial charge is 0.165 e. The first kappa shape index (κ1) is 16.7. The van der Waals surface area contributed by atoms with Crippen molar-refractivity contribution in [2.45, 2.75) is 0 Å².